The molecule has 1 N–H and O–H groups in total. The average Bonchev–Trinajstić information content (AvgIpc) is 3.11. The fourth-order valence-electron chi connectivity index (χ4n) is 3.40. The second-order valence-corrected chi connectivity index (χ2v) is 8.24. The number of nitrogens with one attached hydrogen (secondary N) is 1. The molecule has 2 aromatic rings. The lowest BCUT2D eigenvalue weighted by molar-refractivity contribution is -0.121. The van der Waals surface area contributed by atoms with Crippen molar-refractivity contribution >= 4 is 39.5 Å². The molecule has 0 unspecified atom stereocenters. The minimum atomic E-state index is -0.375. The summed E-state index contributed by atoms with van der Waals surface area (Å²) in [5.41, 5.74) is 0.232. The Kier molecular flexibility index (Phi) is 7.26. The van der Waals surface area contributed by atoms with Crippen molar-refractivity contribution < 1.29 is 19.1 Å². The van der Waals surface area contributed by atoms with Crippen molar-refractivity contribution in [3.63, 3.8) is 0 Å². The SMILES string of the molecule is CCCNC(=O)Cn1cnc2sc(C(=O)N3CCN(C(=O)OCC)CC3)c(C)c2c1=O. The molecule has 1 saturated heterocycles. The van der Waals surface area contributed by atoms with Crippen molar-refractivity contribution in [2.24, 2.45) is 0 Å². The first-order valence-corrected chi connectivity index (χ1v) is 11.1. The highest BCUT2D eigenvalue weighted by molar-refractivity contribution is 7.20. The van der Waals surface area contributed by atoms with Crippen molar-refractivity contribution in [2.45, 2.75) is 33.7 Å². The fourth-order valence-corrected chi connectivity index (χ4v) is 4.51. The van der Waals surface area contributed by atoms with Gasteiger partial charge in [0.15, 0.2) is 0 Å². The monoisotopic (exact) mass is 449 g/mol. The van der Waals surface area contributed by atoms with Gasteiger partial charge in [-0.05, 0) is 25.8 Å². The van der Waals surface area contributed by atoms with Gasteiger partial charge in [-0.25, -0.2) is 9.78 Å². The first kappa shape index (κ1) is 22.7. The maximum absolute atomic E-state index is 13.1. The third-order valence-electron chi connectivity index (χ3n) is 5.09. The Labute approximate surface area is 183 Å². The third-order valence-corrected chi connectivity index (χ3v) is 6.28. The van der Waals surface area contributed by atoms with Crippen molar-refractivity contribution in [2.75, 3.05) is 39.3 Å². The molecule has 1 aliphatic rings. The van der Waals surface area contributed by atoms with E-state index in [4.69, 9.17) is 4.74 Å². The smallest absolute Gasteiger partial charge is 0.409 e. The van der Waals surface area contributed by atoms with Crippen LogP contribution < -0.4 is 10.9 Å². The van der Waals surface area contributed by atoms with E-state index in [0.717, 1.165) is 6.42 Å². The highest BCUT2D eigenvalue weighted by atomic mass is 32.1. The number of fused-ring (bicyclic) bond motifs is 1. The molecule has 0 saturated carbocycles. The molecule has 1 fully saturated rings. The Hall–Kier alpha value is -2.95. The number of hydrogen-bond donors (Lipinski definition) is 1. The molecule has 3 rings (SSSR count). The molecule has 3 amide bonds. The molecular weight excluding hydrogens is 422 g/mol. The number of piperazine rings is 1. The van der Waals surface area contributed by atoms with Crippen LogP contribution in [0.5, 0.6) is 0 Å². The van der Waals surface area contributed by atoms with Crippen LogP contribution in [0, 0.1) is 6.92 Å². The Balaban J connectivity index is 1.77. The van der Waals surface area contributed by atoms with E-state index < -0.39 is 0 Å². The van der Waals surface area contributed by atoms with Gasteiger partial charge in [0.2, 0.25) is 5.91 Å². The van der Waals surface area contributed by atoms with Crippen LogP contribution in [0.25, 0.3) is 10.2 Å². The lowest BCUT2D eigenvalue weighted by Gasteiger charge is -2.33. The van der Waals surface area contributed by atoms with E-state index in [-0.39, 0.29) is 30.0 Å². The number of thiophene rings is 1. The quantitative estimate of drug-likeness (QED) is 0.709. The number of amides is 3. The van der Waals surface area contributed by atoms with Gasteiger partial charge in [-0.2, -0.15) is 0 Å². The molecule has 3 heterocycles. The summed E-state index contributed by atoms with van der Waals surface area (Å²) in [5, 5.41) is 3.10. The fraction of sp³-hybridized carbons (Fsp3) is 0.550. The zero-order valence-corrected chi connectivity index (χ0v) is 18.8. The van der Waals surface area contributed by atoms with E-state index in [2.05, 4.69) is 10.3 Å². The van der Waals surface area contributed by atoms with Crippen LogP contribution >= 0.6 is 11.3 Å². The van der Waals surface area contributed by atoms with Crippen LogP contribution in [0.3, 0.4) is 0 Å². The number of aromatic nitrogens is 2. The molecule has 2 aromatic heterocycles. The van der Waals surface area contributed by atoms with Crippen molar-refractivity contribution in [3.05, 3.63) is 27.1 Å². The Morgan fingerprint density at radius 3 is 2.48 bits per heavy atom. The predicted octanol–water partition coefficient (Wildman–Crippen LogP) is 1.21. The summed E-state index contributed by atoms with van der Waals surface area (Å²) in [6, 6.07) is 0. The van der Waals surface area contributed by atoms with Gasteiger partial charge >= 0.3 is 6.09 Å². The highest BCUT2D eigenvalue weighted by Gasteiger charge is 2.28. The second kappa shape index (κ2) is 9.90. The van der Waals surface area contributed by atoms with Crippen molar-refractivity contribution in [1.29, 1.82) is 0 Å². The van der Waals surface area contributed by atoms with Crippen molar-refractivity contribution in [3.8, 4) is 0 Å². The van der Waals surface area contributed by atoms with Crippen molar-refractivity contribution in [1.82, 2.24) is 24.7 Å². The van der Waals surface area contributed by atoms with Crippen LogP contribution in [-0.4, -0.2) is 76.6 Å². The topological polar surface area (TPSA) is 114 Å². The molecular formula is C20H27N5O5S. The van der Waals surface area contributed by atoms with Gasteiger partial charge in [-0.15, -0.1) is 11.3 Å². The van der Waals surface area contributed by atoms with Crippen LogP contribution in [0.2, 0.25) is 0 Å². The summed E-state index contributed by atoms with van der Waals surface area (Å²) >= 11 is 1.18. The van der Waals surface area contributed by atoms with E-state index in [0.29, 0.717) is 60.0 Å². The van der Waals surface area contributed by atoms with Gasteiger partial charge in [-0.3, -0.25) is 19.0 Å². The molecule has 0 spiro atoms. The molecule has 168 valence electrons. The van der Waals surface area contributed by atoms with E-state index in [9.17, 15) is 19.2 Å². The maximum Gasteiger partial charge on any atom is 0.409 e. The molecule has 0 bridgehead atoms. The number of aryl methyl sites for hydroxylation is 1. The van der Waals surface area contributed by atoms with Crippen LogP contribution in [0.4, 0.5) is 4.79 Å². The molecule has 31 heavy (non-hydrogen) atoms. The number of carbonyl (C=O) groups excluding carboxylic acids is 3. The summed E-state index contributed by atoms with van der Waals surface area (Å²) in [5.74, 6) is -0.440. The molecule has 1 aliphatic heterocycles. The first-order valence-electron chi connectivity index (χ1n) is 10.3. The van der Waals surface area contributed by atoms with E-state index in [1.54, 1.807) is 23.6 Å². The number of carbonyl (C=O) groups is 3. The molecule has 11 heteroatoms. The van der Waals surface area contributed by atoms with Crippen LogP contribution in [0.1, 0.15) is 35.5 Å². The molecule has 0 atom stereocenters. The summed E-state index contributed by atoms with van der Waals surface area (Å²) in [6.07, 6.45) is 1.78. The zero-order chi connectivity index (χ0) is 22.5. The van der Waals surface area contributed by atoms with Crippen LogP contribution in [-0.2, 0) is 16.1 Å². The molecule has 10 nitrogen and oxygen atoms in total. The zero-order valence-electron chi connectivity index (χ0n) is 18.0. The molecule has 0 aliphatic carbocycles. The van der Waals surface area contributed by atoms with Gasteiger partial charge in [0.1, 0.15) is 11.4 Å². The minimum absolute atomic E-state index is 0.115. The van der Waals surface area contributed by atoms with Gasteiger partial charge in [0.05, 0.1) is 23.2 Å². The minimum Gasteiger partial charge on any atom is -0.450 e. The highest BCUT2D eigenvalue weighted by Crippen LogP contribution is 2.28. The van der Waals surface area contributed by atoms with Gasteiger partial charge < -0.3 is 19.9 Å². The third kappa shape index (κ3) is 4.87. The summed E-state index contributed by atoms with van der Waals surface area (Å²) in [7, 11) is 0. The van der Waals surface area contributed by atoms with E-state index >= 15 is 0 Å². The standard InChI is InChI=1S/C20H27N5O5S/c1-4-6-21-14(26)11-25-12-22-17-15(18(25)27)13(3)16(31-17)19(28)23-7-9-24(10-8-23)20(29)30-5-2/h12H,4-11H2,1-3H3,(H,21,26). The maximum atomic E-state index is 13.1. The summed E-state index contributed by atoms with van der Waals surface area (Å²) < 4.78 is 6.27. The Morgan fingerprint density at radius 2 is 1.84 bits per heavy atom. The number of rotatable bonds is 6. The lowest BCUT2D eigenvalue weighted by atomic mass is 10.2. The average molecular weight is 450 g/mol. The summed E-state index contributed by atoms with van der Waals surface area (Å²) in [6.45, 7) is 7.74. The van der Waals surface area contributed by atoms with E-state index in [1.807, 2.05) is 6.92 Å². The van der Waals surface area contributed by atoms with Crippen LogP contribution in [0.15, 0.2) is 11.1 Å². The summed E-state index contributed by atoms with van der Waals surface area (Å²) in [4.78, 5) is 58.3. The Bertz CT molecular complexity index is 1040. The normalized spacial score (nSPS) is 14.0. The predicted molar refractivity (Wildman–Crippen MR) is 116 cm³/mol. The first-order chi connectivity index (χ1) is 14.9. The molecule has 0 radical (unpaired) electrons. The number of nitrogens with zero attached hydrogens (tertiary/aromatic N) is 4. The van der Waals surface area contributed by atoms with Gasteiger partial charge in [0.25, 0.3) is 11.5 Å². The molecule has 0 aromatic carbocycles. The van der Waals surface area contributed by atoms with Gasteiger partial charge in [-0.1, -0.05) is 6.92 Å². The Morgan fingerprint density at radius 1 is 1.16 bits per heavy atom. The largest absolute Gasteiger partial charge is 0.450 e. The number of ether oxygens (including phenoxy) is 1. The van der Waals surface area contributed by atoms with Gasteiger partial charge in [0, 0.05) is 32.7 Å². The van der Waals surface area contributed by atoms with E-state index in [1.165, 1.54) is 22.2 Å². The number of hydrogen-bond acceptors (Lipinski definition) is 7. The lowest BCUT2D eigenvalue weighted by Crippen LogP contribution is -2.50. The second-order valence-electron chi connectivity index (χ2n) is 7.24.